The highest BCUT2D eigenvalue weighted by molar-refractivity contribution is 7.84. The zero-order valence-corrected chi connectivity index (χ0v) is 10.7. The van der Waals surface area contributed by atoms with Crippen LogP contribution in [0.5, 0.6) is 0 Å². The van der Waals surface area contributed by atoms with E-state index >= 15 is 0 Å². The maximum absolute atomic E-state index is 11.2. The standard InChI is InChI=1S/C10H18N4OS/c1-4-9-13-8(11)5-10(14-9)12-6-7(2)16(3)15/h5,7H,4,6H2,1-3H3,(H3,11,12,13,14). The zero-order valence-electron chi connectivity index (χ0n) is 9.86. The van der Waals surface area contributed by atoms with Crippen molar-refractivity contribution in [3.63, 3.8) is 0 Å². The first-order chi connectivity index (χ1) is 7.52. The van der Waals surface area contributed by atoms with Gasteiger partial charge in [0.25, 0.3) is 0 Å². The number of nitrogens with zero attached hydrogens (tertiary/aromatic N) is 2. The third-order valence-electron chi connectivity index (χ3n) is 2.25. The third-order valence-corrected chi connectivity index (χ3v) is 3.55. The number of hydrogen-bond acceptors (Lipinski definition) is 5. The maximum atomic E-state index is 11.2. The van der Waals surface area contributed by atoms with Gasteiger partial charge in [0.15, 0.2) is 0 Å². The van der Waals surface area contributed by atoms with Crippen molar-refractivity contribution in [2.75, 3.05) is 23.9 Å². The smallest absolute Gasteiger partial charge is 0.132 e. The summed E-state index contributed by atoms with van der Waals surface area (Å²) >= 11 is 0. The molecule has 0 aliphatic heterocycles. The predicted octanol–water partition coefficient (Wildman–Crippen LogP) is 0.800. The summed E-state index contributed by atoms with van der Waals surface area (Å²) in [7, 11) is -0.834. The predicted molar refractivity (Wildman–Crippen MR) is 67.8 cm³/mol. The molecule has 2 atom stereocenters. The van der Waals surface area contributed by atoms with E-state index in [0.29, 0.717) is 24.0 Å². The van der Waals surface area contributed by atoms with Crippen LogP contribution in [-0.4, -0.2) is 32.2 Å². The van der Waals surface area contributed by atoms with Gasteiger partial charge in [-0.3, -0.25) is 4.21 Å². The van der Waals surface area contributed by atoms with E-state index in [4.69, 9.17) is 5.73 Å². The summed E-state index contributed by atoms with van der Waals surface area (Å²) in [5.74, 6) is 1.87. The molecule has 0 saturated heterocycles. The molecule has 5 nitrogen and oxygen atoms in total. The van der Waals surface area contributed by atoms with E-state index in [1.165, 1.54) is 0 Å². The second-order valence-electron chi connectivity index (χ2n) is 3.64. The Kier molecular flexibility index (Phi) is 4.67. The Balaban J connectivity index is 2.66. The van der Waals surface area contributed by atoms with Crippen molar-refractivity contribution in [3.05, 3.63) is 11.9 Å². The molecule has 1 aromatic rings. The largest absolute Gasteiger partial charge is 0.384 e. The van der Waals surface area contributed by atoms with Crippen molar-refractivity contribution < 1.29 is 4.21 Å². The van der Waals surface area contributed by atoms with Gasteiger partial charge in [-0.25, -0.2) is 9.97 Å². The number of nitrogen functional groups attached to an aromatic ring is 1. The van der Waals surface area contributed by atoms with E-state index in [1.807, 2.05) is 13.8 Å². The fourth-order valence-corrected chi connectivity index (χ4v) is 1.45. The van der Waals surface area contributed by atoms with Gasteiger partial charge in [-0.15, -0.1) is 0 Å². The average Bonchev–Trinajstić information content (AvgIpc) is 2.24. The molecule has 0 aliphatic rings. The van der Waals surface area contributed by atoms with Crippen molar-refractivity contribution >= 4 is 22.4 Å². The van der Waals surface area contributed by atoms with Crippen LogP contribution in [0.15, 0.2) is 6.07 Å². The summed E-state index contributed by atoms with van der Waals surface area (Å²) in [5, 5.41) is 3.20. The number of anilines is 2. The molecule has 1 heterocycles. The molecule has 16 heavy (non-hydrogen) atoms. The number of aromatic nitrogens is 2. The lowest BCUT2D eigenvalue weighted by atomic mass is 10.4. The Labute approximate surface area is 98.3 Å². The van der Waals surface area contributed by atoms with E-state index < -0.39 is 10.8 Å². The highest BCUT2D eigenvalue weighted by Gasteiger charge is 2.07. The molecule has 0 amide bonds. The van der Waals surface area contributed by atoms with E-state index in [1.54, 1.807) is 12.3 Å². The van der Waals surface area contributed by atoms with Crippen LogP contribution < -0.4 is 11.1 Å². The van der Waals surface area contributed by atoms with Crippen molar-refractivity contribution in [1.29, 1.82) is 0 Å². The fraction of sp³-hybridized carbons (Fsp3) is 0.600. The molecular weight excluding hydrogens is 224 g/mol. The highest BCUT2D eigenvalue weighted by atomic mass is 32.2. The molecule has 0 aliphatic carbocycles. The third kappa shape index (κ3) is 3.77. The molecule has 6 heteroatoms. The topological polar surface area (TPSA) is 80.9 Å². The summed E-state index contributed by atoms with van der Waals surface area (Å²) in [6.45, 7) is 4.51. The van der Waals surface area contributed by atoms with E-state index in [2.05, 4.69) is 15.3 Å². The highest BCUT2D eigenvalue weighted by Crippen LogP contribution is 2.09. The SMILES string of the molecule is CCc1nc(N)cc(NCC(C)S(C)=O)n1. The van der Waals surface area contributed by atoms with Crippen LogP contribution in [-0.2, 0) is 17.2 Å². The quantitative estimate of drug-likeness (QED) is 0.798. The van der Waals surface area contributed by atoms with Crippen LogP contribution in [0.2, 0.25) is 0 Å². The number of hydrogen-bond donors (Lipinski definition) is 2. The van der Waals surface area contributed by atoms with Gasteiger partial charge in [0.05, 0.1) is 0 Å². The lowest BCUT2D eigenvalue weighted by Gasteiger charge is -2.11. The first kappa shape index (κ1) is 12.9. The van der Waals surface area contributed by atoms with E-state index in [-0.39, 0.29) is 5.25 Å². The Hall–Kier alpha value is -1.17. The zero-order chi connectivity index (χ0) is 12.1. The van der Waals surface area contributed by atoms with Crippen LogP contribution in [0.25, 0.3) is 0 Å². The van der Waals surface area contributed by atoms with Gasteiger partial charge in [-0.05, 0) is 6.92 Å². The summed E-state index contributed by atoms with van der Waals surface area (Å²) < 4.78 is 11.2. The van der Waals surface area contributed by atoms with Gasteiger partial charge >= 0.3 is 0 Å². The van der Waals surface area contributed by atoms with Gasteiger partial charge in [-0.2, -0.15) is 0 Å². The number of rotatable bonds is 5. The van der Waals surface area contributed by atoms with Crippen molar-refractivity contribution in [3.8, 4) is 0 Å². The number of nitrogens with one attached hydrogen (secondary N) is 1. The van der Waals surface area contributed by atoms with Crippen molar-refractivity contribution in [2.45, 2.75) is 25.5 Å². The Morgan fingerprint density at radius 3 is 2.81 bits per heavy atom. The van der Waals surface area contributed by atoms with Gasteiger partial charge in [0, 0.05) is 41.3 Å². The first-order valence-electron chi connectivity index (χ1n) is 5.22. The molecule has 0 saturated carbocycles. The van der Waals surface area contributed by atoms with Crippen LogP contribution in [0.3, 0.4) is 0 Å². The molecule has 2 unspecified atom stereocenters. The molecular formula is C10H18N4OS. The normalized spacial score (nSPS) is 14.4. The summed E-state index contributed by atoms with van der Waals surface area (Å²) in [6, 6.07) is 1.68. The minimum absolute atomic E-state index is 0.0845. The van der Waals surface area contributed by atoms with E-state index in [0.717, 1.165) is 6.42 Å². The molecule has 0 bridgehead atoms. The molecule has 1 rings (SSSR count). The van der Waals surface area contributed by atoms with Gasteiger partial charge < -0.3 is 11.1 Å². The summed E-state index contributed by atoms with van der Waals surface area (Å²) in [5.41, 5.74) is 5.65. The summed E-state index contributed by atoms with van der Waals surface area (Å²) in [4.78, 5) is 8.36. The van der Waals surface area contributed by atoms with Crippen molar-refractivity contribution in [2.24, 2.45) is 0 Å². The second kappa shape index (κ2) is 5.79. The fourth-order valence-electron chi connectivity index (χ4n) is 1.13. The lowest BCUT2D eigenvalue weighted by molar-refractivity contribution is 0.678. The van der Waals surface area contributed by atoms with Crippen LogP contribution in [0, 0.1) is 0 Å². The molecule has 90 valence electrons. The van der Waals surface area contributed by atoms with Crippen molar-refractivity contribution in [1.82, 2.24) is 9.97 Å². The Morgan fingerprint density at radius 1 is 1.56 bits per heavy atom. The molecule has 1 aromatic heterocycles. The minimum atomic E-state index is -0.834. The molecule has 0 radical (unpaired) electrons. The van der Waals surface area contributed by atoms with Gasteiger partial charge in [0.2, 0.25) is 0 Å². The molecule has 0 spiro atoms. The molecule has 3 N–H and O–H groups in total. The van der Waals surface area contributed by atoms with Crippen LogP contribution in [0.1, 0.15) is 19.7 Å². The lowest BCUT2D eigenvalue weighted by Crippen LogP contribution is -2.21. The molecule has 0 fully saturated rings. The Bertz CT molecular complexity index is 383. The number of aryl methyl sites for hydroxylation is 1. The first-order valence-corrected chi connectivity index (χ1v) is 6.84. The average molecular weight is 242 g/mol. The van der Waals surface area contributed by atoms with Gasteiger partial charge in [-0.1, -0.05) is 6.92 Å². The van der Waals surface area contributed by atoms with Crippen LogP contribution >= 0.6 is 0 Å². The Morgan fingerprint density at radius 2 is 2.25 bits per heavy atom. The monoisotopic (exact) mass is 242 g/mol. The maximum Gasteiger partial charge on any atom is 0.132 e. The number of nitrogens with two attached hydrogens (primary N) is 1. The second-order valence-corrected chi connectivity index (χ2v) is 5.44. The van der Waals surface area contributed by atoms with Gasteiger partial charge in [0.1, 0.15) is 17.5 Å². The van der Waals surface area contributed by atoms with Crippen LogP contribution in [0.4, 0.5) is 11.6 Å². The molecule has 0 aromatic carbocycles. The summed E-state index contributed by atoms with van der Waals surface area (Å²) in [6.07, 6.45) is 2.44. The van der Waals surface area contributed by atoms with E-state index in [9.17, 15) is 4.21 Å². The minimum Gasteiger partial charge on any atom is -0.384 e.